The molecule has 3 aromatic rings. The van der Waals surface area contributed by atoms with Crippen LogP contribution in [0.2, 0.25) is 0 Å². The number of nitrogens with one attached hydrogen (secondary N) is 1. The maximum Gasteiger partial charge on any atom is 0.408 e. The zero-order chi connectivity index (χ0) is 33.5. The van der Waals surface area contributed by atoms with Gasteiger partial charge in [0.2, 0.25) is 11.2 Å². The van der Waals surface area contributed by atoms with Crippen LogP contribution in [0.3, 0.4) is 0 Å². The van der Waals surface area contributed by atoms with Crippen molar-refractivity contribution in [1.82, 2.24) is 5.32 Å². The third-order valence-electron chi connectivity index (χ3n) is 5.95. The molecule has 242 valence electrons. The molecule has 1 aromatic heterocycles. The maximum atomic E-state index is 13.2. The Kier molecular flexibility index (Phi) is 11.2. The van der Waals surface area contributed by atoms with E-state index in [0.717, 1.165) is 6.07 Å². The second-order valence-corrected chi connectivity index (χ2v) is 11.1. The molecule has 0 saturated carbocycles. The zero-order valence-corrected chi connectivity index (χ0v) is 26.4. The van der Waals surface area contributed by atoms with Crippen molar-refractivity contribution in [2.45, 2.75) is 73.0 Å². The summed E-state index contributed by atoms with van der Waals surface area (Å²) >= 11 is 0. The van der Waals surface area contributed by atoms with Crippen LogP contribution in [0.15, 0.2) is 45.6 Å². The number of rotatable bonds is 11. The largest absolute Gasteiger partial charge is 0.490 e. The Bertz CT molecular complexity index is 1620. The van der Waals surface area contributed by atoms with Crippen LogP contribution in [0, 0.1) is 5.92 Å². The average Bonchev–Trinajstić information content (AvgIpc) is 2.95. The van der Waals surface area contributed by atoms with Crippen molar-refractivity contribution in [2.24, 2.45) is 5.92 Å². The summed E-state index contributed by atoms with van der Waals surface area (Å²) < 4.78 is 38.2. The molecule has 0 aliphatic heterocycles. The Labute approximate surface area is 259 Å². The van der Waals surface area contributed by atoms with Crippen LogP contribution in [0.25, 0.3) is 11.0 Å². The second-order valence-electron chi connectivity index (χ2n) is 11.1. The molecular formula is C32H37NO12. The summed E-state index contributed by atoms with van der Waals surface area (Å²) in [5.74, 6) is -2.60. The number of carbonyl (C=O) groups excluding carboxylic acids is 4. The van der Waals surface area contributed by atoms with Crippen LogP contribution in [0.4, 0.5) is 4.79 Å². The third-order valence-corrected chi connectivity index (χ3v) is 5.95. The number of methoxy groups -OCH3 is 1. The van der Waals surface area contributed by atoms with Crippen molar-refractivity contribution in [3.8, 4) is 34.7 Å². The van der Waals surface area contributed by atoms with E-state index in [9.17, 15) is 24.0 Å². The topological polar surface area (TPSA) is 166 Å². The van der Waals surface area contributed by atoms with E-state index < -0.39 is 41.1 Å². The van der Waals surface area contributed by atoms with Gasteiger partial charge >= 0.3 is 24.0 Å². The summed E-state index contributed by atoms with van der Waals surface area (Å²) in [7, 11) is 1.27. The number of alkyl carbamates (subject to hydrolysis) is 1. The van der Waals surface area contributed by atoms with E-state index in [4.69, 9.17) is 32.8 Å². The number of esters is 3. The van der Waals surface area contributed by atoms with E-state index in [-0.39, 0.29) is 64.4 Å². The normalized spacial score (nSPS) is 11.8. The van der Waals surface area contributed by atoms with Crippen molar-refractivity contribution < 1.29 is 52.0 Å². The van der Waals surface area contributed by atoms with Crippen molar-refractivity contribution in [3.63, 3.8) is 0 Å². The number of fused-ring (bicyclic) bond motifs is 1. The molecule has 1 N–H and O–H groups in total. The zero-order valence-electron chi connectivity index (χ0n) is 26.4. The smallest absolute Gasteiger partial charge is 0.408 e. The first-order valence-corrected chi connectivity index (χ1v) is 14.2. The molecule has 3 rings (SSSR count). The lowest BCUT2D eigenvalue weighted by molar-refractivity contribution is -0.138. The summed E-state index contributed by atoms with van der Waals surface area (Å²) in [4.78, 5) is 62.4. The SMILES string of the molecule is CCC(=O)Oc1cc2oc(Oc3ccc(OC(=O)C(NC(=O)OC(C)(C)C)C(C)C)cc3)cc(=O)c2c(OC(=O)CC)c1OC. The number of ether oxygens (including phenoxy) is 6. The summed E-state index contributed by atoms with van der Waals surface area (Å²) in [6.45, 7) is 11.8. The highest BCUT2D eigenvalue weighted by Gasteiger charge is 2.29. The number of benzene rings is 2. The van der Waals surface area contributed by atoms with Gasteiger partial charge in [-0.1, -0.05) is 27.7 Å². The number of carbonyl (C=O) groups is 4. The molecule has 13 nitrogen and oxygen atoms in total. The van der Waals surface area contributed by atoms with Gasteiger partial charge in [-0.05, 0) is 51.0 Å². The van der Waals surface area contributed by atoms with Crippen molar-refractivity contribution in [3.05, 3.63) is 46.6 Å². The second kappa shape index (κ2) is 14.6. The molecule has 2 aromatic carbocycles. The Morgan fingerprint density at radius 1 is 0.867 bits per heavy atom. The molecule has 0 spiro atoms. The molecule has 1 amide bonds. The van der Waals surface area contributed by atoms with Crippen LogP contribution in [0.5, 0.6) is 34.7 Å². The lowest BCUT2D eigenvalue weighted by atomic mass is 10.1. The highest BCUT2D eigenvalue weighted by molar-refractivity contribution is 5.92. The Balaban J connectivity index is 1.87. The lowest BCUT2D eigenvalue weighted by Gasteiger charge is -2.24. The lowest BCUT2D eigenvalue weighted by Crippen LogP contribution is -2.48. The van der Waals surface area contributed by atoms with Gasteiger partial charge in [0.25, 0.3) is 5.95 Å². The minimum Gasteiger partial charge on any atom is -0.490 e. The van der Waals surface area contributed by atoms with Crippen LogP contribution in [-0.4, -0.2) is 42.8 Å². The van der Waals surface area contributed by atoms with Gasteiger partial charge < -0.3 is 38.2 Å². The number of amides is 1. The monoisotopic (exact) mass is 627 g/mol. The molecule has 0 fully saturated rings. The van der Waals surface area contributed by atoms with Gasteiger partial charge in [0.1, 0.15) is 34.1 Å². The predicted molar refractivity (Wildman–Crippen MR) is 161 cm³/mol. The summed E-state index contributed by atoms with van der Waals surface area (Å²) in [5.41, 5.74) is -1.46. The first-order chi connectivity index (χ1) is 21.1. The van der Waals surface area contributed by atoms with E-state index >= 15 is 0 Å². The van der Waals surface area contributed by atoms with Crippen molar-refractivity contribution >= 4 is 35.0 Å². The Morgan fingerprint density at radius 3 is 2.02 bits per heavy atom. The molecule has 13 heteroatoms. The van der Waals surface area contributed by atoms with Crippen LogP contribution in [-0.2, 0) is 19.1 Å². The minimum absolute atomic E-state index is 0.000161. The van der Waals surface area contributed by atoms with Gasteiger partial charge in [-0.15, -0.1) is 0 Å². The minimum atomic E-state index is -0.968. The first-order valence-electron chi connectivity index (χ1n) is 14.2. The summed E-state index contributed by atoms with van der Waals surface area (Å²) in [6, 6.07) is 7.18. The molecule has 1 unspecified atom stereocenters. The first kappa shape index (κ1) is 34.4. The Hall–Kier alpha value is -5.07. The van der Waals surface area contributed by atoms with E-state index in [1.807, 2.05) is 0 Å². The van der Waals surface area contributed by atoms with E-state index in [0.29, 0.717) is 0 Å². The molecule has 1 heterocycles. The number of hydrogen-bond donors (Lipinski definition) is 1. The number of hydrogen-bond acceptors (Lipinski definition) is 12. The van der Waals surface area contributed by atoms with Gasteiger partial charge in [-0.2, -0.15) is 0 Å². The highest BCUT2D eigenvalue weighted by Crippen LogP contribution is 2.43. The summed E-state index contributed by atoms with van der Waals surface area (Å²) in [5, 5.41) is 2.41. The van der Waals surface area contributed by atoms with Crippen LogP contribution in [0.1, 0.15) is 61.3 Å². The molecule has 0 aliphatic rings. The summed E-state index contributed by atoms with van der Waals surface area (Å²) in [6.07, 6.45) is -0.703. The van der Waals surface area contributed by atoms with E-state index in [1.54, 1.807) is 48.5 Å². The van der Waals surface area contributed by atoms with E-state index in [2.05, 4.69) is 5.32 Å². The predicted octanol–water partition coefficient (Wildman–Crippen LogP) is 5.68. The van der Waals surface area contributed by atoms with Gasteiger partial charge in [0.05, 0.1) is 13.2 Å². The molecule has 1 atom stereocenters. The molecule has 0 bridgehead atoms. The average molecular weight is 628 g/mol. The molecular weight excluding hydrogens is 590 g/mol. The van der Waals surface area contributed by atoms with Crippen LogP contribution < -0.4 is 34.4 Å². The fourth-order valence-electron chi connectivity index (χ4n) is 3.83. The van der Waals surface area contributed by atoms with Gasteiger partial charge in [-0.3, -0.25) is 14.4 Å². The maximum absolute atomic E-state index is 13.2. The molecule has 0 radical (unpaired) electrons. The highest BCUT2D eigenvalue weighted by atomic mass is 16.6. The Morgan fingerprint density at radius 2 is 1.47 bits per heavy atom. The fraction of sp³-hybridized carbons (Fsp3) is 0.406. The van der Waals surface area contributed by atoms with Gasteiger partial charge in [0, 0.05) is 18.9 Å². The van der Waals surface area contributed by atoms with Gasteiger partial charge in [-0.25, -0.2) is 9.59 Å². The fourth-order valence-corrected chi connectivity index (χ4v) is 3.83. The molecule has 0 saturated heterocycles. The van der Waals surface area contributed by atoms with Crippen LogP contribution >= 0.6 is 0 Å². The quantitative estimate of drug-likeness (QED) is 0.204. The van der Waals surface area contributed by atoms with Gasteiger partial charge in [0.15, 0.2) is 11.5 Å². The van der Waals surface area contributed by atoms with E-state index in [1.165, 1.54) is 37.4 Å². The molecule has 45 heavy (non-hydrogen) atoms. The molecule has 0 aliphatic carbocycles. The third kappa shape index (κ3) is 9.21. The van der Waals surface area contributed by atoms with Crippen molar-refractivity contribution in [1.29, 1.82) is 0 Å². The van der Waals surface area contributed by atoms with Crippen molar-refractivity contribution in [2.75, 3.05) is 7.11 Å². The standard InChI is InChI=1S/C32H37NO12/c1-9-23(35)42-22-16-21-26(29(28(22)39-8)44-24(36)10-2)20(34)15-25(43-21)40-18-11-13-19(14-12-18)41-30(37)27(17(3)4)33-31(38)45-32(5,6)7/h11-17,27H,9-10H2,1-8H3,(H,33,38).